The Morgan fingerprint density at radius 1 is 0.861 bits per heavy atom. The molecule has 0 aromatic heterocycles. The number of benzene rings is 3. The summed E-state index contributed by atoms with van der Waals surface area (Å²) >= 11 is 0. The summed E-state index contributed by atoms with van der Waals surface area (Å²) in [7, 11) is 0. The van der Waals surface area contributed by atoms with Crippen LogP contribution in [0.4, 0.5) is 13.2 Å². The van der Waals surface area contributed by atoms with Crippen LogP contribution >= 0.6 is 0 Å². The standard InChI is InChI=1S/C30H31F3O3/c1-3-5-6-7-16-34-27-15-14-25(29(32)30(27)33)21-10-8-20(9-11-21)22-12-13-24(26(31)17-22)23-18-35-28(4-2)36-19-23/h4,8-15,17,23,28H,2-3,5-7,16,18-19H2,1H3. The molecule has 0 unspecified atom stereocenters. The Labute approximate surface area is 210 Å². The van der Waals surface area contributed by atoms with E-state index in [1.165, 1.54) is 18.2 Å². The van der Waals surface area contributed by atoms with Gasteiger partial charge in [0.15, 0.2) is 17.9 Å². The van der Waals surface area contributed by atoms with Crippen molar-refractivity contribution < 1.29 is 27.4 Å². The van der Waals surface area contributed by atoms with Crippen molar-refractivity contribution in [1.82, 2.24) is 0 Å². The Hall–Kier alpha value is -3.09. The van der Waals surface area contributed by atoms with Gasteiger partial charge in [0.25, 0.3) is 0 Å². The molecule has 0 spiro atoms. The van der Waals surface area contributed by atoms with Gasteiger partial charge in [-0.1, -0.05) is 69.2 Å². The SMILES string of the molecule is C=CC1OCC(c2ccc(-c3ccc(-c4ccc(OCCCCCC)c(F)c4F)cc3)cc2F)CO1. The summed E-state index contributed by atoms with van der Waals surface area (Å²) in [6.45, 7) is 6.81. The van der Waals surface area contributed by atoms with Gasteiger partial charge < -0.3 is 14.2 Å². The molecule has 1 heterocycles. The smallest absolute Gasteiger partial charge is 0.201 e. The summed E-state index contributed by atoms with van der Waals surface area (Å²) in [4.78, 5) is 0. The van der Waals surface area contributed by atoms with Gasteiger partial charge in [-0.15, -0.1) is 0 Å². The maximum atomic E-state index is 14.9. The van der Waals surface area contributed by atoms with Crippen molar-refractivity contribution in [3.63, 3.8) is 0 Å². The first-order valence-electron chi connectivity index (χ1n) is 12.4. The number of ether oxygens (including phenoxy) is 3. The predicted molar refractivity (Wildman–Crippen MR) is 135 cm³/mol. The van der Waals surface area contributed by atoms with Crippen LogP contribution in [0.25, 0.3) is 22.3 Å². The van der Waals surface area contributed by atoms with Gasteiger partial charge in [-0.25, -0.2) is 8.78 Å². The second-order valence-electron chi connectivity index (χ2n) is 8.93. The molecule has 1 fully saturated rings. The van der Waals surface area contributed by atoms with Crippen LogP contribution in [0.2, 0.25) is 0 Å². The number of rotatable bonds is 10. The highest BCUT2D eigenvalue weighted by Crippen LogP contribution is 2.33. The molecule has 0 aliphatic carbocycles. The first-order chi connectivity index (χ1) is 17.5. The molecule has 6 heteroatoms. The van der Waals surface area contributed by atoms with Gasteiger partial charge in [-0.2, -0.15) is 4.39 Å². The lowest BCUT2D eigenvalue weighted by Crippen LogP contribution is -2.29. The molecule has 1 aliphatic heterocycles. The van der Waals surface area contributed by atoms with Crippen LogP contribution in [0.3, 0.4) is 0 Å². The van der Waals surface area contributed by atoms with Gasteiger partial charge in [-0.05, 0) is 52.9 Å². The van der Waals surface area contributed by atoms with E-state index in [0.717, 1.165) is 31.2 Å². The molecule has 3 aromatic carbocycles. The van der Waals surface area contributed by atoms with E-state index in [0.29, 0.717) is 36.5 Å². The highest BCUT2D eigenvalue weighted by molar-refractivity contribution is 5.71. The third-order valence-corrected chi connectivity index (χ3v) is 6.39. The number of unbranched alkanes of at least 4 members (excludes halogenated alkanes) is 3. The van der Waals surface area contributed by atoms with Gasteiger partial charge >= 0.3 is 0 Å². The van der Waals surface area contributed by atoms with E-state index < -0.39 is 17.9 Å². The molecule has 1 aliphatic rings. The molecular formula is C30H31F3O3. The van der Waals surface area contributed by atoms with E-state index >= 15 is 0 Å². The number of hydrogen-bond donors (Lipinski definition) is 0. The van der Waals surface area contributed by atoms with Crippen molar-refractivity contribution in [3.8, 4) is 28.0 Å². The molecule has 3 nitrogen and oxygen atoms in total. The fourth-order valence-electron chi connectivity index (χ4n) is 4.29. The quantitative estimate of drug-likeness (QED) is 0.210. The third kappa shape index (κ3) is 6.00. The summed E-state index contributed by atoms with van der Waals surface area (Å²) in [6.07, 6.45) is 5.09. The summed E-state index contributed by atoms with van der Waals surface area (Å²) < 4.78 is 60.7. The normalized spacial score (nSPS) is 17.7. The average Bonchev–Trinajstić information content (AvgIpc) is 2.91. The van der Waals surface area contributed by atoms with Gasteiger partial charge in [-0.3, -0.25) is 0 Å². The van der Waals surface area contributed by atoms with Gasteiger partial charge in [0.1, 0.15) is 5.82 Å². The van der Waals surface area contributed by atoms with Gasteiger partial charge in [0.2, 0.25) is 5.82 Å². The lowest BCUT2D eigenvalue weighted by atomic mass is 9.95. The fourth-order valence-corrected chi connectivity index (χ4v) is 4.29. The Balaban J connectivity index is 1.45. The molecule has 36 heavy (non-hydrogen) atoms. The van der Waals surface area contributed by atoms with E-state index in [9.17, 15) is 13.2 Å². The molecule has 0 radical (unpaired) electrons. The Morgan fingerprint density at radius 2 is 1.56 bits per heavy atom. The van der Waals surface area contributed by atoms with Gasteiger partial charge in [0.05, 0.1) is 19.8 Å². The summed E-state index contributed by atoms with van der Waals surface area (Å²) in [6, 6.07) is 14.9. The molecular weight excluding hydrogens is 465 g/mol. The first-order valence-corrected chi connectivity index (χ1v) is 12.4. The van der Waals surface area contributed by atoms with Crippen LogP contribution in [0, 0.1) is 17.5 Å². The van der Waals surface area contributed by atoms with Crippen molar-refractivity contribution >= 4 is 0 Å². The topological polar surface area (TPSA) is 27.7 Å². The van der Waals surface area contributed by atoms with Crippen LogP contribution < -0.4 is 4.74 Å². The lowest BCUT2D eigenvalue weighted by molar-refractivity contribution is -0.159. The van der Waals surface area contributed by atoms with Crippen LogP contribution in [0.5, 0.6) is 5.75 Å². The van der Waals surface area contributed by atoms with Crippen LogP contribution in [0.1, 0.15) is 44.1 Å². The Kier molecular flexibility index (Phi) is 8.83. The van der Waals surface area contributed by atoms with Gasteiger partial charge in [0, 0.05) is 11.5 Å². The minimum atomic E-state index is -0.986. The van der Waals surface area contributed by atoms with E-state index in [-0.39, 0.29) is 23.0 Å². The second-order valence-corrected chi connectivity index (χ2v) is 8.93. The summed E-state index contributed by atoms with van der Waals surface area (Å²) in [5.74, 6) is -2.55. The first kappa shape index (κ1) is 26.0. The van der Waals surface area contributed by atoms with Crippen molar-refractivity contribution in [2.45, 2.75) is 44.8 Å². The number of halogens is 3. The van der Waals surface area contributed by atoms with E-state index in [1.54, 1.807) is 36.4 Å². The zero-order valence-electron chi connectivity index (χ0n) is 20.4. The van der Waals surface area contributed by atoms with Crippen molar-refractivity contribution in [1.29, 1.82) is 0 Å². The molecule has 0 bridgehead atoms. The molecule has 190 valence electrons. The van der Waals surface area contributed by atoms with Crippen LogP contribution in [-0.2, 0) is 9.47 Å². The average molecular weight is 497 g/mol. The molecule has 1 saturated heterocycles. The van der Waals surface area contributed by atoms with Crippen molar-refractivity contribution in [3.05, 3.63) is 90.3 Å². The molecule has 0 amide bonds. The monoisotopic (exact) mass is 496 g/mol. The van der Waals surface area contributed by atoms with Crippen LogP contribution in [0.15, 0.2) is 67.3 Å². The molecule has 4 rings (SSSR count). The highest BCUT2D eigenvalue weighted by atomic mass is 19.2. The number of hydrogen-bond acceptors (Lipinski definition) is 3. The molecule has 0 atom stereocenters. The minimum absolute atomic E-state index is 0.0753. The maximum absolute atomic E-state index is 14.9. The zero-order valence-corrected chi connectivity index (χ0v) is 20.4. The second kappa shape index (κ2) is 12.2. The lowest BCUT2D eigenvalue weighted by Gasteiger charge is -2.28. The Bertz CT molecular complexity index is 1170. The Morgan fingerprint density at radius 3 is 2.22 bits per heavy atom. The highest BCUT2D eigenvalue weighted by Gasteiger charge is 2.24. The maximum Gasteiger partial charge on any atom is 0.201 e. The van der Waals surface area contributed by atoms with E-state index in [2.05, 4.69) is 13.5 Å². The summed E-state index contributed by atoms with van der Waals surface area (Å²) in [5, 5.41) is 0. The minimum Gasteiger partial charge on any atom is -0.490 e. The van der Waals surface area contributed by atoms with Crippen molar-refractivity contribution in [2.75, 3.05) is 19.8 Å². The van der Waals surface area contributed by atoms with Crippen molar-refractivity contribution in [2.24, 2.45) is 0 Å². The molecule has 3 aromatic rings. The van der Waals surface area contributed by atoms with E-state index in [4.69, 9.17) is 14.2 Å². The third-order valence-electron chi connectivity index (χ3n) is 6.39. The van der Waals surface area contributed by atoms with Crippen LogP contribution in [-0.4, -0.2) is 26.1 Å². The molecule has 0 saturated carbocycles. The zero-order chi connectivity index (χ0) is 25.5. The summed E-state index contributed by atoms with van der Waals surface area (Å²) in [5.41, 5.74) is 2.65. The van der Waals surface area contributed by atoms with E-state index in [1.807, 2.05) is 6.07 Å². The fraction of sp³-hybridized carbons (Fsp3) is 0.333. The largest absolute Gasteiger partial charge is 0.490 e. The molecule has 0 N–H and O–H groups in total. The predicted octanol–water partition coefficient (Wildman–Crippen LogP) is 8.04.